The second-order valence-corrected chi connectivity index (χ2v) is 7.56. The van der Waals surface area contributed by atoms with Crippen LogP contribution >= 0.6 is 0 Å². The van der Waals surface area contributed by atoms with Gasteiger partial charge in [-0.15, -0.1) is 0 Å². The minimum Gasteiger partial charge on any atom is -0.491 e. The van der Waals surface area contributed by atoms with Crippen molar-refractivity contribution in [2.24, 2.45) is 5.92 Å². The number of fused-ring (bicyclic) bond motifs is 2. The van der Waals surface area contributed by atoms with Gasteiger partial charge in [-0.1, -0.05) is 6.07 Å². The van der Waals surface area contributed by atoms with Crippen LogP contribution in [-0.4, -0.2) is 31.1 Å². The largest absolute Gasteiger partial charge is 0.491 e. The van der Waals surface area contributed by atoms with Gasteiger partial charge in [-0.3, -0.25) is 14.4 Å². The van der Waals surface area contributed by atoms with Crippen LogP contribution in [0.4, 0.5) is 0 Å². The van der Waals surface area contributed by atoms with Crippen LogP contribution in [0.3, 0.4) is 0 Å². The summed E-state index contributed by atoms with van der Waals surface area (Å²) >= 11 is 0. The Hall–Kier alpha value is -3.55. The number of hydrogen-bond acceptors (Lipinski definition) is 8. The fourth-order valence-corrected chi connectivity index (χ4v) is 3.91. The van der Waals surface area contributed by atoms with E-state index in [-0.39, 0.29) is 42.0 Å². The number of carbonyl (C=O) groups excluding carboxylic acids is 3. The lowest BCUT2D eigenvalue weighted by atomic mass is 9.86. The molecule has 1 unspecified atom stereocenters. The lowest BCUT2D eigenvalue weighted by molar-refractivity contribution is -0.132. The highest BCUT2D eigenvalue weighted by Gasteiger charge is 2.37. The number of hydrogen-bond donors (Lipinski definition) is 0. The van der Waals surface area contributed by atoms with Crippen LogP contribution in [-0.2, 0) is 16.0 Å². The molecule has 0 spiro atoms. The van der Waals surface area contributed by atoms with Crippen molar-refractivity contribution >= 4 is 17.7 Å². The number of rotatable bonds is 4. The molecule has 0 N–H and O–H groups in total. The predicted molar refractivity (Wildman–Crippen MR) is 108 cm³/mol. The Kier molecular flexibility index (Phi) is 5.31. The Morgan fingerprint density at radius 2 is 1.65 bits per heavy atom. The molecule has 2 aliphatic heterocycles. The highest BCUT2D eigenvalue weighted by atomic mass is 16.7. The maximum absolute atomic E-state index is 13.5. The zero-order valence-corrected chi connectivity index (χ0v) is 17.7. The van der Waals surface area contributed by atoms with Gasteiger partial charge < -0.3 is 23.7 Å². The fraction of sp³-hybridized carbons (Fsp3) is 0.348. The van der Waals surface area contributed by atoms with E-state index in [0.717, 1.165) is 5.56 Å². The number of benzene rings is 2. The van der Waals surface area contributed by atoms with E-state index in [2.05, 4.69) is 0 Å². The first-order valence-corrected chi connectivity index (χ1v) is 9.85. The Labute approximate surface area is 179 Å². The Morgan fingerprint density at radius 1 is 0.968 bits per heavy atom. The molecule has 8 heteroatoms. The molecule has 0 radical (unpaired) electrons. The van der Waals surface area contributed by atoms with Gasteiger partial charge in [0.15, 0.2) is 23.0 Å². The topological polar surface area (TPSA) is 97.4 Å². The Morgan fingerprint density at radius 3 is 2.35 bits per heavy atom. The summed E-state index contributed by atoms with van der Waals surface area (Å²) in [6.07, 6.45) is 0.415. The molecule has 0 amide bonds. The summed E-state index contributed by atoms with van der Waals surface area (Å²) in [5.41, 5.74) is 1.99. The van der Waals surface area contributed by atoms with Crippen LogP contribution in [0, 0.1) is 19.8 Å². The van der Waals surface area contributed by atoms with Crippen LogP contribution < -0.4 is 23.7 Å². The molecule has 2 heterocycles. The fourth-order valence-electron chi connectivity index (χ4n) is 3.91. The van der Waals surface area contributed by atoms with Crippen molar-refractivity contribution in [2.45, 2.75) is 34.1 Å². The number of ether oxygens (including phenoxy) is 5. The molecule has 8 nitrogen and oxygen atoms in total. The second kappa shape index (κ2) is 7.94. The Balaban J connectivity index is 1.73. The summed E-state index contributed by atoms with van der Waals surface area (Å²) in [6.45, 7) is 6.17. The van der Waals surface area contributed by atoms with Crippen molar-refractivity contribution in [1.82, 2.24) is 0 Å². The van der Waals surface area contributed by atoms with Crippen molar-refractivity contribution in [2.75, 3.05) is 13.4 Å². The van der Waals surface area contributed by atoms with E-state index in [1.165, 1.54) is 13.8 Å². The molecule has 4 rings (SSSR count). The van der Waals surface area contributed by atoms with E-state index < -0.39 is 17.9 Å². The summed E-state index contributed by atoms with van der Waals surface area (Å²) in [5, 5.41) is 0. The predicted octanol–water partition coefficient (Wildman–Crippen LogP) is 3.32. The van der Waals surface area contributed by atoms with Gasteiger partial charge in [-0.05, 0) is 38.0 Å². The third-order valence-electron chi connectivity index (χ3n) is 5.27. The standard InChI is InChI=1S/C23H22O8/c1-11-21(30-13(3)24)12(2)23(31-14(4)25)19-20(26)16(9-27-22(11)19)7-15-5-6-17-18(8-15)29-10-28-17/h5-6,8,16H,7,9-10H2,1-4H3. The summed E-state index contributed by atoms with van der Waals surface area (Å²) in [6, 6.07) is 5.53. The quantitative estimate of drug-likeness (QED) is 0.543. The van der Waals surface area contributed by atoms with Crippen molar-refractivity contribution in [3.05, 3.63) is 40.5 Å². The lowest BCUT2D eigenvalue weighted by Crippen LogP contribution is -2.31. The van der Waals surface area contributed by atoms with Crippen molar-refractivity contribution in [3.8, 4) is 28.7 Å². The average molecular weight is 426 g/mol. The molecule has 0 aliphatic carbocycles. The third-order valence-corrected chi connectivity index (χ3v) is 5.27. The molecular formula is C23H22O8. The van der Waals surface area contributed by atoms with Gasteiger partial charge in [-0.2, -0.15) is 0 Å². The number of Topliss-reactive ketones (excluding diaryl/α,β-unsaturated/α-hetero) is 1. The van der Waals surface area contributed by atoms with Crippen LogP contribution in [0.15, 0.2) is 18.2 Å². The maximum Gasteiger partial charge on any atom is 0.308 e. The molecule has 0 saturated carbocycles. The molecule has 0 aromatic heterocycles. The second-order valence-electron chi connectivity index (χ2n) is 7.56. The molecule has 1 atom stereocenters. The first kappa shape index (κ1) is 20.7. The summed E-state index contributed by atoms with van der Waals surface area (Å²) in [5.74, 6) is 0.0639. The van der Waals surface area contributed by atoms with Crippen molar-refractivity contribution in [1.29, 1.82) is 0 Å². The van der Waals surface area contributed by atoms with Gasteiger partial charge in [0.05, 0.1) is 12.5 Å². The molecular weight excluding hydrogens is 404 g/mol. The maximum atomic E-state index is 13.5. The minimum atomic E-state index is -0.589. The average Bonchev–Trinajstić information content (AvgIpc) is 3.17. The van der Waals surface area contributed by atoms with Crippen LogP contribution in [0.5, 0.6) is 28.7 Å². The first-order valence-electron chi connectivity index (χ1n) is 9.85. The van der Waals surface area contributed by atoms with E-state index in [4.69, 9.17) is 23.7 Å². The van der Waals surface area contributed by atoms with E-state index >= 15 is 0 Å². The SMILES string of the molecule is CC(=O)Oc1c(C)c2c(c(OC(C)=O)c1C)C(=O)C(Cc1ccc3c(c1)OCO3)CO2. The van der Waals surface area contributed by atoms with E-state index in [9.17, 15) is 14.4 Å². The monoisotopic (exact) mass is 426 g/mol. The van der Waals surface area contributed by atoms with Gasteiger partial charge in [0.2, 0.25) is 6.79 Å². The Bertz CT molecular complexity index is 1100. The van der Waals surface area contributed by atoms with E-state index in [1.54, 1.807) is 13.8 Å². The smallest absolute Gasteiger partial charge is 0.308 e. The molecule has 0 saturated heterocycles. The minimum absolute atomic E-state index is 0.0599. The van der Waals surface area contributed by atoms with Crippen LogP contribution in [0.25, 0.3) is 0 Å². The summed E-state index contributed by atoms with van der Waals surface area (Å²) in [4.78, 5) is 36.8. The zero-order valence-electron chi connectivity index (χ0n) is 17.7. The third kappa shape index (κ3) is 3.81. The van der Waals surface area contributed by atoms with Gasteiger partial charge in [0.25, 0.3) is 0 Å². The van der Waals surface area contributed by atoms with Gasteiger partial charge in [0, 0.05) is 25.0 Å². The summed E-state index contributed by atoms with van der Waals surface area (Å²) in [7, 11) is 0. The van der Waals surface area contributed by atoms with Crippen LogP contribution in [0.1, 0.15) is 40.9 Å². The van der Waals surface area contributed by atoms with Gasteiger partial charge in [-0.25, -0.2) is 0 Å². The molecule has 162 valence electrons. The van der Waals surface area contributed by atoms with Gasteiger partial charge in [0.1, 0.15) is 17.1 Å². The number of esters is 2. The molecule has 0 fully saturated rings. The summed E-state index contributed by atoms with van der Waals surface area (Å²) < 4.78 is 27.4. The molecule has 0 bridgehead atoms. The molecule has 31 heavy (non-hydrogen) atoms. The highest BCUT2D eigenvalue weighted by molar-refractivity contribution is 6.06. The molecule has 2 aliphatic rings. The zero-order chi connectivity index (χ0) is 22.3. The van der Waals surface area contributed by atoms with E-state index in [1.807, 2.05) is 18.2 Å². The molecule has 2 aromatic carbocycles. The van der Waals surface area contributed by atoms with Crippen molar-refractivity contribution < 1.29 is 38.1 Å². The van der Waals surface area contributed by atoms with Crippen LogP contribution in [0.2, 0.25) is 0 Å². The molecule has 2 aromatic rings. The normalized spacial score (nSPS) is 16.4. The number of carbonyl (C=O) groups is 3. The van der Waals surface area contributed by atoms with E-state index in [0.29, 0.717) is 29.0 Å². The van der Waals surface area contributed by atoms with Crippen molar-refractivity contribution in [3.63, 3.8) is 0 Å². The highest BCUT2D eigenvalue weighted by Crippen LogP contribution is 2.46. The lowest BCUT2D eigenvalue weighted by Gasteiger charge is -2.29. The van der Waals surface area contributed by atoms with Gasteiger partial charge >= 0.3 is 11.9 Å². The number of ketones is 1. The first-order chi connectivity index (χ1) is 14.8.